The second-order valence-electron chi connectivity index (χ2n) is 7.62. The summed E-state index contributed by atoms with van der Waals surface area (Å²) in [5.74, 6) is -1.84. The van der Waals surface area contributed by atoms with Crippen molar-refractivity contribution in [3.8, 4) is 0 Å². The molecular weight excluding hydrogens is 436 g/mol. The van der Waals surface area contributed by atoms with Crippen LogP contribution in [0.5, 0.6) is 0 Å². The number of amides is 2. The Kier molecular flexibility index (Phi) is 9.29. The van der Waals surface area contributed by atoms with Crippen LogP contribution in [0.15, 0.2) is 0 Å². The summed E-state index contributed by atoms with van der Waals surface area (Å²) in [6.45, 7) is 2.29. The van der Waals surface area contributed by atoms with Gasteiger partial charge in [-0.25, -0.2) is 0 Å². The van der Waals surface area contributed by atoms with Crippen molar-refractivity contribution in [2.24, 2.45) is 0 Å². The van der Waals surface area contributed by atoms with Gasteiger partial charge in [0, 0.05) is 20.8 Å². The van der Waals surface area contributed by atoms with E-state index in [0.29, 0.717) is 0 Å². The lowest BCUT2D eigenvalue weighted by Gasteiger charge is -2.47. The Morgan fingerprint density at radius 3 is 1.97 bits per heavy atom. The van der Waals surface area contributed by atoms with Crippen molar-refractivity contribution in [2.75, 3.05) is 13.2 Å². The molecule has 2 heterocycles. The highest BCUT2D eigenvalue weighted by atomic mass is 16.7. The Hall–Kier alpha value is -1.91. The highest BCUT2D eigenvalue weighted by molar-refractivity contribution is 5.73. The van der Waals surface area contributed by atoms with Crippen LogP contribution in [0.2, 0.25) is 0 Å². The number of carbonyl (C=O) groups is 3. The molecule has 14 nitrogen and oxygen atoms in total. The highest BCUT2D eigenvalue weighted by Crippen LogP contribution is 2.29. The molecule has 2 fully saturated rings. The molecule has 7 N–H and O–H groups in total. The maximum Gasteiger partial charge on any atom is 0.302 e. The largest absolute Gasteiger partial charge is 0.463 e. The predicted octanol–water partition coefficient (Wildman–Crippen LogP) is -4.54. The maximum atomic E-state index is 11.6. The minimum absolute atomic E-state index is 0.444. The summed E-state index contributed by atoms with van der Waals surface area (Å²) in [6, 6.07) is -2.65. The lowest BCUT2D eigenvalue weighted by Crippen LogP contribution is -2.69. The van der Waals surface area contributed by atoms with Crippen LogP contribution in [0.4, 0.5) is 0 Å². The third-order valence-electron chi connectivity index (χ3n) is 5.06. The standard InChI is InChI=1S/C18H30N2O12/c1-6(22)19-11-15(27)16(9(4-21)30-17(11)28)32-18-12(20-7(2)23)14(26)13(25)10(31-18)5-29-8(3)24/h9-18,21,25-28H,4-5H2,1-3H3,(H,19,22)(H,20,23)/t9-,10-,11-,12-,13-,14-,15-,16-,17?,18+/m1/s1. The molecule has 184 valence electrons. The average molecular weight is 466 g/mol. The molecular formula is C18H30N2O12. The van der Waals surface area contributed by atoms with Gasteiger partial charge in [0.1, 0.15) is 55.3 Å². The van der Waals surface area contributed by atoms with Crippen molar-refractivity contribution >= 4 is 17.8 Å². The third kappa shape index (κ3) is 6.32. The van der Waals surface area contributed by atoms with Crippen LogP contribution in [-0.4, -0.2) is 118 Å². The van der Waals surface area contributed by atoms with E-state index in [9.17, 15) is 39.9 Å². The van der Waals surface area contributed by atoms with E-state index in [-0.39, 0.29) is 0 Å². The number of hydrogen-bond donors (Lipinski definition) is 7. The van der Waals surface area contributed by atoms with Gasteiger partial charge in [-0.05, 0) is 0 Å². The molecule has 2 rings (SSSR count). The zero-order valence-corrected chi connectivity index (χ0v) is 17.8. The predicted molar refractivity (Wildman–Crippen MR) is 101 cm³/mol. The first kappa shape index (κ1) is 26.3. The molecule has 0 aromatic rings. The van der Waals surface area contributed by atoms with Gasteiger partial charge in [0.25, 0.3) is 0 Å². The van der Waals surface area contributed by atoms with E-state index in [2.05, 4.69) is 10.6 Å². The normalized spacial score (nSPS) is 39.8. The average Bonchev–Trinajstić information content (AvgIpc) is 2.70. The summed E-state index contributed by atoms with van der Waals surface area (Å²) in [5.41, 5.74) is 0. The van der Waals surface area contributed by atoms with Crippen molar-refractivity contribution in [1.82, 2.24) is 10.6 Å². The fourth-order valence-electron chi connectivity index (χ4n) is 3.57. The van der Waals surface area contributed by atoms with E-state index >= 15 is 0 Å². The summed E-state index contributed by atoms with van der Waals surface area (Å²) in [7, 11) is 0. The van der Waals surface area contributed by atoms with Gasteiger partial charge in [0.05, 0.1) is 6.61 Å². The second kappa shape index (κ2) is 11.3. The number of rotatable bonds is 7. The molecule has 0 spiro atoms. The lowest BCUT2D eigenvalue weighted by atomic mass is 9.94. The fourth-order valence-corrected chi connectivity index (χ4v) is 3.57. The molecule has 0 saturated carbocycles. The topological polar surface area (TPSA) is 213 Å². The SMILES string of the molecule is CC(=O)N[C@H]1[C@H](O[C@H]2[C@H](O)[C@@H](NC(C)=O)C(O)O[C@@H]2CO)O[C@H](COC(C)=O)[C@@H](O)[C@@H]1O. The van der Waals surface area contributed by atoms with Gasteiger partial charge in [0.2, 0.25) is 11.8 Å². The molecule has 32 heavy (non-hydrogen) atoms. The Balaban J connectivity index is 2.28. The van der Waals surface area contributed by atoms with Crippen molar-refractivity contribution in [1.29, 1.82) is 0 Å². The number of nitrogens with one attached hydrogen (secondary N) is 2. The molecule has 2 saturated heterocycles. The third-order valence-corrected chi connectivity index (χ3v) is 5.06. The molecule has 0 aromatic carbocycles. The van der Waals surface area contributed by atoms with Crippen molar-refractivity contribution in [2.45, 2.75) is 82.1 Å². The van der Waals surface area contributed by atoms with E-state index in [1.807, 2.05) is 0 Å². The van der Waals surface area contributed by atoms with Crippen LogP contribution in [0, 0.1) is 0 Å². The van der Waals surface area contributed by atoms with Crippen molar-refractivity contribution in [3.63, 3.8) is 0 Å². The quantitative estimate of drug-likeness (QED) is 0.177. The molecule has 14 heteroatoms. The number of aliphatic hydroxyl groups excluding tert-OH is 5. The summed E-state index contributed by atoms with van der Waals surface area (Å²) >= 11 is 0. The van der Waals surface area contributed by atoms with E-state index in [1.165, 1.54) is 0 Å². The minimum Gasteiger partial charge on any atom is -0.463 e. The Morgan fingerprint density at radius 2 is 1.44 bits per heavy atom. The van der Waals surface area contributed by atoms with Gasteiger partial charge in [0.15, 0.2) is 12.6 Å². The highest BCUT2D eigenvalue weighted by Gasteiger charge is 2.51. The van der Waals surface area contributed by atoms with E-state index < -0.39 is 92.3 Å². The van der Waals surface area contributed by atoms with Crippen LogP contribution in [0.25, 0.3) is 0 Å². The van der Waals surface area contributed by atoms with Crippen LogP contribution in [0.3, 0.4) is 0 Å². The minimum atomic E-state index is -1.66. The van der Waals surface area contributed by atoms with Gasteiger partial charge in [-0.15, -0.1) is 0 Å². The fraction of sp³-hybridized carbons (Fsp3) is 0.833. The van der Waals surface area contributed by atoms with Gasteiger partial charge in [-0.3, -0.25) is 14.4 Å². The molecule has 0 aromatic heterocycles. The first-order valence-corrected chi connectivity index (χ1v) is 9.93. The number of carbonyl (C=O) groups excluding carboxylic acids is 3. The molecule has 10 atom stereocenters. The van der Waals surface area contributed by atoms with Gasteiger partial charge in [-0.1, -0.05) is 0 Å². The van der Waals surface area contributed by atoms with Gasteiger partial charge >= 0.3 is 5.97 Å². The van der Waals surface area contributed by atoms with Crippen molar-refractivity contribution in [3.05, 3.63) is 0 Å². The van der Waals surface area contributed by atoms with Crippen LogP contribution in [-0.2, 0) is 33.3 Å². The second-order valence-corrected chi connectivity index (χ2v) is 7.62. The van der Waals surface area contributed by atoms with E-state index in [1.54, 1.807) is 0 Å². The zero-order valence-electron chi connectivity index (χ0n) is 17.8. The molecule has 1 unspecified atom stereocenters. The zero-order chi connectivity index (χ0) is 24.2. The smallest absolute Gasteiger partial charge is 0.302 e. The van der Waals surface area contributed by atoms with Crippen LogP contribution >= 0.6 is 0 Å². The first-order valence-electron chi connectivity index (χ1n) is 9.93. The Labute approximate surface area is 183 Å². The summed E-state index contributed by atoms with van der Waals surface area (Å²) in [6.07, 6.45) is -11.9. The van der Waals surface area contributed by atoms with E-state index in [0.717, 1.165) is 20.8 Å². The molecule has 0 aliphatic carbocycles. The number of ether oxygens (including phenoxy) is 4. The van der Waals surface area contributed by atoms with Crippen LogP contribution < -0.4 is 10.6 Å². The van der Waals surface area contributed by atoms with Crippen molar-refractivity contribution < 1.29 is 58.9 Å². The first-order chi connectivity index (χ1) is 15.0. The summed E-state index contributed by atoms with van der Waals surface area (Å²) in [4.78, 5) is 34.2. The van der Waals surface area contributed by atoms with Crippen LogP contribution in [0.1, 0.15) is 20.8 Å². The summed E-state index contributed by atoms with van der Waals surface area (Å²) < 4.78 is 21.4. The monoisotopic (exact) mass is 466 g/mol. The Morgan fingerprint density at radius 1 is 0.844 bits per heavy atom. The molecule has 0 bridgehead atoms. The van der Waals surface area contributed by atoms with Gasteiger partial charge in [-0.2, -0.15) is 0 Å². The number of aliphatic hydroxyl groups is 5. The van der Waals surface area contributed by atoms with E-state index in [4.69, 9.17) is 18.9 Å². The van der Waals surface area contributed by atoms with Gasteiger partial charge < -0.3 is 55.1 Å². The molecule has 0 radical (unpaired) electrons. The number of hydrogen-bond acceptors (Lipinski definition) is 12. The molecule has 2 amide bonds. The lowest BCUT2D eigenvalue weighted by molar-refractivity contribution is -0.328. The molecule has 2 aliphatic rings. The number of esters is 1. The Bertz CT molecular complexity index is 676. The maximum absolute atomic E-state index is 11.6. The summed E-state index contributed by atoms with van der Waals surface area (Å²) in [5, 5.41) is 55.9. The molecule has 2 aliphatic heterocycles.